The summed E-state index contributed by atoms with van der Waals surface area (Å²) in [4.78, 5) is 17.6. The first-order valence-corrected chi connectivity index (χ1v) is 6.62. The highest BCUT2D eigenvalue weighted by Crippen LogP contribution is 2.29. The zero-order valence-corrected chi connectivity index (χ0v) is 11.5. The Hall–Kier alpha value is -2.10. The number of aliphatic carboxylic acids is 1. The molecule has 122 valence electrons. The largest absolute Gasteiger partial charge is 0.480 e. The predicted molar refractivity (Wildman–Crippen MR) is 70.6 cm³/mol. The van der Waals surface area contributed by atoms with Crippen LogP contribution in [-0.2, 0) is 15.7 Å². The second kappa shape index (κ2) is 6.77. The third kappa shape index (κ3) is 4.72. The van der Waals surface area contributed by atoms with E-state index < -0.39 is 30.3 Å². The number of rotatable bonds is 6. The van der Waals surface area contributed by atoms with Gasteiger partial charge >= 0.3 is 12.1 Å². The molecule has 3 N–H and O–H groups in total. The van der Waals surface area contributed by atoms with Gasteiger partial charge in [0.2, 0.25) is 5.95 Å². The van der Waals surface area contributed by atoms with Gasteiger partial charge in [-0.3, -0.25) is 4.79 Å². The summed E-state index contributed by atoms with van der Waals surface area (Å²) < 4.78 is 43.8. The summed E-state index contributed by atoms with van der Waals surface area (Å²) >= 11 is 0. The van der Waals surface area contributed by atoms with Crippen molar-refractivity contribution in [3.05, 3.63) is 11.8 Å². The minimum Gasteiger partial charge on any atom is -0.480 e. The summed E-state index contributed by atoms with van der Waals surface area (Å²) in [6.45, 7) is 0.383. The summed E-state index contributed by atoms with van der Waals surface area (Å²) in [5, 5.41) is 13.5. The number of carboxylic acids is 1. The summed E-state index contributed by atoms with van der Waals surface area (Å²) in [5.41, 5.74) is -1.15. The van der Waals surface area contributed by atoms with Crippen LogP contribution in [0.25, 0.3) is 0 Å². The minimum absolute atomic E-state index is 0.0364. The molecule has 0 amide bonds. The fourth-order valence-corrected chi connectivity index (χ4v) is 1.94. The van der Waals surface area contributed by atoms with Crippen LogP contribution in [0.3, 0.4) is 0 Å². The van der Waals surface area contributed by atoms with E-state index in [4.69, 9.17) is 9.84 Å². The maximum Gasteiger partial charge on any atom is 0.433 e. The molecule has 1 fully saturated rings. The van der Waals surface area contributed by atoms with Crippen molar-refractivity contribution >= 4 is 17.7 Å². The fraction of sp³-hybridized carbons (Fsp3) is 0.583. The van der Waals surface area contributed by atoms with E-state index in [0.717, 1.165) is 18.9 Å². The summed E-state index contributed by atoms with van der Waals surface area (Å²) in [7, 11) is 0. The Kier molecular flexibility index (Phi) is 5.01. The number of nitrogens with one attached hydrogen (secondary N) is 2. The third-order valence-corrected chi connectivity index (χ3v) is 2.95. The average molecular weight is 320 g/mol. The quantitative estimate of drug-likeness (QED) is 0.732. The monoisotopic (exact) mass is 320 g/mol. The zero-order valence-electron chi connectivity index (χ0n) is 11.5. The number of hydrogen-bond acceptors (Lipinski definition) is 6. The Labute approximate surface area is 123 Å². The lowest BCUT2D eigenvalue weighted by Gasteiger charge is -2.14. The topological polar surface area (TPSA) is 96.4 Å². The van der Waals surface area contributed by atoms with Crippen LogP contribution >= 0.6 is 0 Å². The van der Waals surface area contributed by atoms with Gasteiger partial charge in [-0.15, -0.1) is 0 Å². The number of ether oxygens (including phenoxy) is 1. The molecule has 22 heavy (non-hydrogen) atoms. The fourth-order valence-electron chi connectivity index (χ4n) is 1.94. The molecule has 1 aliphatic heterocycles. The number of hydrogen-bond donors (Lipinski definition) is 3. The molecule has 2 rings (SSSR count). The van der Waals surface area contributed by atoms with Gasteiger partial charge in [0, 0.05) is 19.2 Å². The van der Waals surface area contributed by atoms with Crippen molar-refractivity contribution in [1.82, 2.24) is 9.97 Å². The van der Waals surface area contributed by atoms with E-state index in [1.54, 1.807) is 0 Å². The molecule has 0 aromatic carbocycles. The van der Waals surface area contributed by atoms with E-state index in [1.807, 2.05) is 0 Å². The van der Waals surface area contributed by atoms with Gasteiger partial charge in [-0.1, -0.05) is 0 Å². The van der Waals surface area contributed by atoms with Crippen LogP contribution in [0.15, 0.2) is 6.07 Å². The maximum atomic E-state index is 12.8. The first-order chi connectivity index (χ1) is 10.3. The van der Waals surface area contributed by atoms with E-state index >= 15 is 0 Å². The lowest BCUT2D eigenvalue weighted by atomic mass is 10.2. The first-order valence-electron chi connectivity index (χ1n) is 6.62. The normalized spacial score (nSPS) is 18.2. The summed E-state index contributed by atoms with van der Waals surface area (Å²) in [5.74, 6) is -1.66. The second-order valence-corrected chi connectivity index (χ2v) is 4.72. The summed E-state index contributed by atoms with van der Waals surface area (Å²) in [6.07, 6.45) is -2.98. The van der Waals surface area contributed by atoms with Gasteiger partial charge in [0.05, 0.1) is 6.10 Å². The van der Waals surface area contributed by atoms with Crippen LogP contribution in [-0.4, -0.2) is 46.8 Å². The van der Waals surface area contributed by atoms with Crippen LogP contribution in [0.1, 0.15) is 18.5 Å². The van der Waals surface area contributed by atoms with Crippen molar-refractivity contribution < 1.29 is 27.8 Å². The predicted octanol–water partition coefficient (Wildman–Crippen LogP) is 1.58. The van der Waals surface area contributed by atoms with Crippen molar-refractivity contribution in [2.45, 2.75) is 25.1 Å². The Balaban J connectivity index is 2.11. The van der Waals surface area contributed by atoms with Crippen LogP contribution in [0.4, 0.5) is 24.9 Å². The highest BCUT2D eigenvalue weighted by Gasteiger charge is 2.34. The molecule has 7 nitrogen and oxygen atoms in total. The number of carbonyl (C=O) groups is 1. The van der Waals surface area contributed by atoms with Crippen molar-refractivity contribution in [1.29, 1.82) is 0 Å². The Bertz CT molecular complexity index is 533. The molecule has 10 heteroatoms. The molecule has 0 unspecified atom stereocenters. The number of alkyl halides is 3. The molecule has 0 bridgehead atoms. The number of nitrogens with zero attached hydrogens (tertiary/aromatic N) is 2. The number of anilines is 2. The van der Waals surface area contributed by atoms with Crippen molar-refractivity contribution in [2.75, 3.05) is 30.3 Å². The highest BCUT2D eigenvalue weighted by molar-refractivity contribution is 5.71. The smallest absolute Gasteiger partial charge is 0.433 e. The Morgan fingerprint density at radius 1 is 1.41 bits per heavy atom. The van der Waals surface area contributed by atoms with Gasteiger partial charge in [-0.25, -0.2) is 4.98 Å². The average Bonchev–Trinajstić information content (AvgIpc) is 2.95. The molecule has 0 spiro atoms. The molecule has 1 aromatic rings. The number of halogens is 3. The second-order valence-electron chi connectivity index (χ2n) is 4.72. The van der Waals surface area contributed by atoms with Crippen LogP contribution in [0.5, 0.6) is 0 Å². The van der Waals surface area contributed by atoms with Crippen LogP contribution in [0.2, 0.25) is 0 Å². The molecule has 1 aromatic heterocycles. The van der Waals surface area contributed by atoms with Crippen LogP contribution in [0, 0.1) is 0 Å². The van der Waals surface area contributed by atoms with E-state index in [9.17, 15) is 18.0 Å². The summed E-state index contributed by atoms with van der Waals surface area (Å²) in [6, 6.07) is 0.779. The number of carboxylic acid groups (broad SMARTS) is 1. The Morgan fingerprint density at radius 3 is 2.77 bits per heavy atom. The van der Waals surface area contributed by atoms with Gasteiger partial charge in [0.1, 0.15) is 12.4 Å². The van der Waals surface area contributed by atoms with E-state index in [0.29, 0.717) is 13.2 Å². The first kappa shape index (κ1) is 16.3. The van der Waals surface area contributed by atoms with Gasteiger partial charge in [0.25, 0.3) is 0 Å². The molecule has 1 atom stereocenters. The van der Waals surface area contributed by atoms with E-state index in [1.165, 1.54) is 0 Å². The SMILES string of the molecule is O=C(O)CNc1nc(NC[C@H]2CCCO2)cc(C(F)(F)F)n1. The Morgan fingerprint density at radius 2 is 2.18 bits per heavy atom. The van der Waals surface area contributed by atoms with Crippen LogP contribution < -0.4 is 10.6 Å². The molecular weight excluding hydrogens is 305 g/mol. The molecule has 1 aliphatic rings. The van der Waals surface area contributed by atoms with Crippen molar-refractivity contribution in [3.63, 3.8) is 0 Å². The van der Waals surface area contributed by atoms with E-state index in [2.05, 4.69) is 20.6 Å². The van der Waals surface area contributed by atoms with Crippen molar-refractivity contribution in [3.8, 4) is 0 Å². The maximum absolute atomic E-state index is 12.8. The minimum atomic E-state index is -4.65. The van der Waals surface area contributed by atoms with Gasteiger partial charge in [-0.2, -0.15) is 18.2 Å². The lowest BCUT2D eigenvalue weighted by Crippen LogP contribution is -2.21. The molecule has 1 saturated heterocycles. The van der Waals surface area contributed by atoms with Gasteiger partial charge < -0.3 is 20.5 Å². The highest BCUT2D eigenvalue weighted by atomic mass is 19.4. The molecule has 0 radical (unpaired) electrons. The van der Waals surface area contributed by atoms with Crippen molar-refractivity contribution in [2.24, 2.45) is 0 Å². The lowest BCUT2D eigenvalue weighted by molar-refractivity contribution is -0.141. The molecule has 0 aliphatic carbocycles. The van der Waals surface area contributed by atoms with Gasteiger partial charge in [0.15, 0.2) is 5.69 Å². The third-order valence-electron chi connectivity index (χ3n) is 2.95. The molecule has 2 heterocycles. The van der Waals surface area contributed by atoms with E-state index in [-0.39, 0.29) is 11.9 Å². The van der Waals surface area contributed by atoms with Gasteiger partial charge in [-0.05, 0) is 12.8 Å². The standard InChI is InChI=1S/C12H15F3N4O3/c13-12(14,15)8-4-9(16-5-7-2-1-3-22-7)19-11(18-8)17-6-10(20)21/h4,7H,1-3,5-6H2,(H,20,21)(H2,16,17,18,19)/t7-/m1/s1. The molecular formula is C12H15F3N4O3. The number of aromatic nitrogens is 2. The molecule has 0 saturated carbocycles. The zero-order chi connectivity index (χ0) is 16.2.